The molecule has 1 aliphatic heterocycles. The smallest absolute Gasteiger partial charge is 0.323 e. The maximum Gasteiger partial charge on any atom is 0.323 e. The third-order valence-electron chi connectivity index (χ3n) is 5.15. The molecule has 162 valence electrons. The van der Waals surface area contributed by atoms with Crippen LogP contribution in [0.2, 0.25) is 0 Å². The van der Waals surface area contributed by atoms with E-state index in [4.69, 9.17) is 0 Å². The van der Waals surface area contributed by atoms with Gasteiger partial charge in [-0.3, -0.25) is 15.1 Å². The van der Waals surface area contributed by atoms with Crippen molar-refractivity contribution in [3.05, 3.63) is 42.5 Å². The van der Waals surface area contributed by atoms with Gasteiger partial charge in [0.15, 0.2) is 5.82 Å². The molecule has 1 N–H and O–H groups in total. The minimum Gasteiger partial charge on any atom is -0.342 e. The van der Waals surface area contributed by atoms with Gasteiger partial charge in [-0.15, -0.1) is 0 Å². The van der Waals surface area contributed by atoms with Crippen molar-refractivity contribution in [2.75, 3.05) is 25.5 Å². The maximum atomic E-state index is 13.3. The summed E-state index contributed by atoms with van der Waals surface area (Å²) in [5, 5.41) is 2.74. The lowest BCUT2D eigenvalue weighted by Gasteiger charge is -2.37. The lowest BCUT2D eigenvalue weighted by molar-refractivity contribution is -0.135. The summed E-state index contributed by atoms with van der Waals surface area (Å²) >= 11 is 0. The summed E-state index contributed by atoms with van der Waals surface area (Å²) in [6.45, 7) is 5.10. The second kappa shape index (κ2) is 10.1. The molecule has 30 heavy (non-hydrogen) atoms. The van der Waals surface area contributed by atoms with Gasteiger partial charge in [-0.05, 0) is 25.0 Å². The van der Waals surface area contributed by atoms with Gasteiger partial charge < -0.3 is 9.80 Å². The fourth-order valence-corrected chi connectivity index (χ4v) is 3.39. The highest BCUT2D eigenvalue weighted by Crippen LogP contribution is 2.20. The van der Waals surface area contributed by atoms with Crippen molar-refractivity contribution in [3.63, 3.8) is 0 Å². The Hall–Kier alpha value is -3.03. The number of amides is 3. The topological polar surface area (TPSA) is 78.4 Å². The van der Waals surface area contributed by atoms with E-state index < -0.39 is 0 Å². The number of urea groups is 1. The van der Waals surface area contributed by atoms with Crippen LogP contribution in [0.4, 0.5) is 15.0 Å². The molecule has 0 spiro atoms. The molecule has 0 atom stereocenters. The van der Waals surface area contributed by atoms with Crippen LogP contribution in [0.25, 0.3) is 11.3 Å². The summed E-state index contributed by atoms with van der Waals surface area (Å²) in [6, 6.07) is 5.89. The number of halogens is 1. The molecule has 1 aromatic heterocycles. The monoisotopic (exact) mass is 415 g/mol. The molecular weight excluding hydrogens is 385 g/mol. The van der Waals surface area contributed by atoms with Gasteiger partial charge in [0.05, 0.1) is 18.1 Å². The van der Waals surface area contributed by atoms with E-state index >= 15 is 0 Å². The zero-order valence-corrected chi connectivity index (χ0v) is 16.9. The molecule has 1 fully saturated rings. The van der Waals surface area contributed by atoms with Crippen molar-refractivity contribution in [2.45, 2.75) is 40.2 Å². The van der Waals surface area contributed by atoms with Gasteiger partial charge >= 0.3 is 6.03 Å². The number of rotatable bonds is 4. The van der Waals surface area contributed by atoms with Crippen molar-refractivity contribution in [1.29, 1.82) is 0 Å². The van der Waals surface area contributed by atoms with Gasteiger partial charge in [0, 0.05) is 37.7 Å². The molecule has 0 bridgehead atoms. The molecule has 0 unspecified atom stereocenters. The van der Waals surface area contributed by atoms with Gasteiger partial charge in [-0.2, -0.15) is 0 Å². The SMILES string of the molecule is C.CC(C)C(=O)N1CCC(N(C)C(=O)Nc2cnc(-c3cccc(F)c3)cn2)CC1. The Kier molecular flexibility index (Phi) is 7.86. The molecule has 0 radical (unpaired) electrons. The third kappa shape index (κ3) is 5.52. The van der Waals surface area contributed by atoms with Gasteiger partial charge in [0.25, 0.3) is 0 Å². The Morgan fingerprint density at radius 2 is 1.90 bits per heavy atom. The molecule has 0 saturated carbocycles. The van der Waals surface area contributed by atoms with Crippen LogP contribution >= 0.6 is 0 Å². The normalized spacial score (nSPS) is 14.2. The molecule has 3 amide bonds. The fraction of sp³-hybridized carbons (Fsp3) is 0.455. The number of hydrogen-bond donors (Lipinski definition) is 1. The average molecular weight is 416 g/mol. The Morgan fingerprint density at radius 1 is 1.20 bits per heavy atom. The molecule has 1 aromatic carbocycles. The lowest BCUT2D eigenvalue weighted by atomic mass is 10.0. The molecule has 8 heteroatoms. The number of nitrogens with zero attached hydrogens (tertiary/aromatic N) is 4. The molecule has 3 rings (SSSR count). The number of carbonyl (C=O) groups is 2. The summed E-state index contributed by atoms with van der Waals surface area (Å²) in [6.07, 6.45) is 4.44. The van der Waals surface area contributed by atoms with Gasteiger partial charge in [-0.1, -0.05) is 33.4 Å². The number of piperidine rings is 1. The number of carbonyl (C=O) groups excluding carboxylic acids is 2. The van der Waals surface area contributed by atoms with Crippen LogP contribution in [0.1, 0.15) is 34.1 Å². The Balaban J connectivity index is 0.00000320. The molecular formula is C22H30FN5O2. The predicted octanol–water partition coefficient (Wildman–Crippen LogP) is 4.03. The number of benzene rings is 1. The maximum absolute atomic E-state index is 13.3. The Labute approximate surface area is 177 Å². The van der Waals surface area contributed by atoms with Gasteiger partial charge in [0.2, 0.25) is 5.91 Å². The second-order valence-corrected chi connectivity index (χ2v) is 7.55. The van der Waals surface area contributed by atoms with Crippen LogP contribution < -0.4 is 5.32 Å². The van der Waals surface area contributed by atoms with E-state index in [2.05, 4.69) is 15.3 Å². The highest BCUT2D eigenvalue weighted by molar-refractivity contribution is 5.88. The van der Waals surface area contributed by atoms with Crippen molar-refractivity contribution >= 4 is 17.8 Å². The first-order chi connectivity index (χ1) is 13.8. The lowest BCUT2D eigenvalue weighted by Crippen LogP contribution is -2.49. The molecule has 0 aliphatic carbocycles. The number of aromatic nitrogens is 2. The van der Waals surface area contributed by atoms with Crippen LogP contribution in [0.15, 0.2) is 36.7 Å². The highest BCUT2D eigenvalue weighted by Gasteiger charge is 2.28. The largest absolute Gasteiger partial charge is 0.342 e. The Morgan fingerprint density at radius 3 is 2.47 bits per heavy atom. The van der Waals surface area contributed by atoms with Crippen molar-refractivity contribution in [3.8, 4) is 11.3 Å². The molecule has 2 heterocycles. The predicted molar refractivity (Wildman–Crippen MR) is 115 cm³/mol. The van der Waals surface area contributed by atoms with Crippen molar-refractivity contribution in [2.24, 2.45) is 5.92 Å². The minimum absolute atomic E-state index is 0. The van der Waals surface area contributed by atoms with Crippen LogP contribution in [-0.4, -0.2) is 57.9 Å². The molecule has 1 saturated heterocycles. The van der Waals surface area contributed by atoms with E-state index in [1.54, 1.807) is 24.1 Å². The second-order valence-electron chi connectivity index (χ2n) is 7.55. The van der Waals surface area contributed by atoms with E-state index in [0.29, 0.717) is 30.2 Å². The van der Waals surface area contributed by atoms with Crippen LogP contribution in [-0.2, 0) is 4.79 Å². The summed E-state index contributed by atoms with van der Waals surface area (Å²) < 4.78 is 13.3. The molecule has 1 aliphatic rings. The van der Waals surface area contributed by atoms with E-state index in [1.807, 2.05) is 18.7 Å². The zero-order valence-electron chi connectivity index (χ0n) is 16.9. The number of hydrogen-bond acceptors (Lipinski definition) is 4. The highest BCUT2D eigenvalue weighted by atomic mass is 19.1. The number of likely N-dealkylation sites (tertiary alicyclic amines) is 1. The summed E-state index contributed by atoms with van der Waals surface area (Å²) in [5.41, 5.74) is 1.15. The van der Waals surface area contributed by atoms with Crippen LogP contribution in [0.3, 0.4) is 0 Å². The summed E-state index contributed by atoms with van der Waals surface area (Å²) in [5.74, 6) is 0.129. The van der Waals surface area contributed by atoms with Crippen LogP contribution in [0.5, 0.6) is 0 Å². The van der Waals surface area contributed by atoms with Crippen molar-refractivity contribution < 1.29 is 14.0 Å². The first kappa shape index (κ1) is 23.3. The quantitative estimate of drug-likeness (QED) is 0.818. The van der Waals surface area contributed by atoms with Crippen molar-refractivity contribution in [1.82, 2.24) is 19.8 Å². The van der Waals surface area contributed by atoms with Gasteiger partial charge in [-0.25, -0.2) is 14.2 Å². The summed E-state index contributed by atoms with van der Waals surface area (Å²) in [7, 11) is 1.74. The zero-order chi connectivity index (χ0) is 21.0. The number of anilines is 1. The summed E-state index contributed by atoms with van der Waals surface area (Å²) in [4.78, 5) is 36.6. The number of nitrogens with one attached hydrogen (secondary N) is 1. The van der Waals surface area contributed by atoms with E-state index in [0.717, 1.165) is 12.8 Å². The fourth-order valence-electron chi connectivity index (χ4n) is 3.39. The minimum atomic E-state index is -0.343. The molecule has 2 aromatic rings. The molecule has 7 nitrogen and oxygen atoms in total. The first-order valence-corrected chi connectivity index (χ1v) is 9.75. The van der Waals surface area contributed by atoms with E-state index in [-0.39, 0.29) is 37.1 Å². The van der Waals surface area contributed by atoms with E-state index in [9.17, 15) is 14.0 Å². The van der Waals surface area contributed by atoms with Crippen LogP contribution in [0, 0.1) is 11.7 Å². The van der Waals surface area contributed by atoms with Gasteiger partial charge in [0.1, 0.15) is 5.82 Å². The first-order valence-electron chi connectivity index (χ1n) is 9.75. The van der Waals surface area contributed by atoms with E-state index in [1.165, 1.54) is 24.5 Å². The Bertz CT molecular complexity index is 864. The third-order valence-corrected chi connectivity index (χ3v) is 5.15. The average Bonchev–Trinajstić information content (AvgIpc) is 2.73. The standard InChI is InChI=1S/C21H26FN5O2.CH4/c1-14(2)20(28)27-9-7-17(8-10-27)26(3)21(29)25-19-13-23-18(12-24-19)15-5-4-6-16(22)11-15;/h4-6,11-14,17H,7-10H2,1-3H3,(H,24,25,29);1H4.